The SMILES string of the molecule is CCCCOC(=O)N1CCC(NC(=O)c2cccs2)CC1. The van der Waals surface area contributed by atoms with Crippen LogP contribution in [0.4, 0.5) is 4.79 Å². The summed E-state index contributed by atoms with van der Waals surface area (Å²) < 4.78 is 5.20. The highest BCUT2D eigenvalue weighted by Crippen LogP contribution is 2.14. The minimum atomic E-state index is -0.230. The third-order valence-electron chi connectivity index (χ3n) is 3.56. The molecule has 5 nitrogen and oxygen atoms in total. The molecule has 0 saturated carbocycles. The zero-order valence-electron chi connectivity index (χ0n) is 12.3. The van der Waals surface area contributed by atoms with Gasteiger partial charge >= 0.3 is 6.09 Å². The quantitative estimate of drug-likeness (QED) is 0.851. The molecule has 0 aromatic carbocycles. The monoisotopic (exact) mass is 310 g/mol. The van der Waals surface area contributed by atoms with Crippen molar-refractivity contribution in [2.75, 3.05) is 19.7 Å². The molecule has 0 spiro atoms. The van der Waals surface area contributed by atoms with E-state index in [0.717, 1.165) is 30.6 Å². The number of hydrogen-bond acceptors (Lipinski definition) is 4. The molecule has 1 fully saturated rings. The maximum Gasteiger partial charge on any atom is 0.409 e. The topological polar surface area (TPSA) is 58.6 Å². The summed E-state index contributed by atoms with van der Waals surface area (Å²) in [6.45, 7) is 3.83. The number of carbonyl (C=O) groups excluding carboxylic acids is 2. The highest BCUT2D eigenvalue weighted by molar-refractivity contribution is 7.12. The third kappa shape index (κ3) is 4.74. The van der Waals surface area contributed by atoms with E-state index in [9.17, 15) is 9.59 Å². The van der Waals surface area contributed by atoms with Crippen LogP contribution in [0.25, 0.3) is 0 Å². The standard InChI is InChI=1S/C15H22N2O3S/c1-2-3-10-20-15(19)17-8-6-12(7-9-17)16-14(18)13-5-4-11-21-13/h4-5,11-12H,2-3,6-10H2,1H3,(H,16,18). The van der Waals surface area contributed by atoms with Crippen LogP contribution in [-0.2, 0) is 4.74 Å². The van der Waals surface area contributed by atoms with Crippen LogP contribution in [-0.4, -0.2) is 42.6 Å². The van der Waals surface area contributed by atoms with Crippen molar-refractivity contribution in [2.45, 2.75) is 38.6 Å². The summed E-state index contributed by atoms with van der Waals surface area (Å²) >= 11 is 1.44. The molecule has 0 bridgehead atoms. The second-order valence-corrected chi connectivity index (χ2v) is 6.13. The fraction of sp³-hybridized carbons (Fsp3) is 0.600. The van der Waals surface area contributed by atoms with Crippen molar-refractivity contribution in [1.29, 1.82) is 0 Å². The van der Waals surface area contributed by atoms with Gasteiger partial charge in [-0.25, -0.2) is 4.79 Å². The first-order valence-corrected chi connectivity index (χ1v) is 8.34. The van der Waals surface area contributed by atoms with E-state index in [0.29, 0.717) is 19.7 Å². The highest BCUT2D eigenvalue weighted by Gasteiger charge is 2.25. The van der Waals surface area contributed by atoms with Gasteiger partial charge in [0.05, 0.1) is 11.5 Å². The maximum absolute atomic E-state index is 12.0. The number of thiophene rings is 1. The van der Waals surface area contributed by atoms with Gasteiger partial charge in [-0.15, -0.1) is 11.3 Å². The molecule has 0 aliphatic carbocycles. The van der Waals surface area contributed by atoms with Crippen LogP contribution in [0.2, 0.25) is 0 Å². The van der Waals surface area contributed by atoms with Crippen molar-refractivity contribution in [3.8, 4) is 0 Å². The Hall–Kier alpha value is -1.56. The molecule has 2 amide bonds. The zero-order valence-corrected chi connectivity index (χ0v) is 13.2. The molecule has 21 heavy (non-hydrogen) atoms. The molecule has 1 aliphatic rings. The molecule has 2 heterocycles. The first kappa shape index (κ1) is 15.8. The van der Waals surface area contributed by atoms with Crippen molar-refractivity contribution in [1.82, 2.24) is 10.2 Å². The Balaban J connectivity index is 1.70. The van der Waals surface area contributed by atoms with E-state index in [2.05, 4.69) is 12.2 Å². The number of likely N-dealkylation sites (tertiary alicyclic amines) is 1. The average Bonchev–Trinajstić information content (AvgIpc) is 3.02. The normalized spacial score (nSPS) is 15.8. The number of nitrogens with zero attached hydrogens (tertiary/aromatic N) is 1. The van der Waals surface area contributed by atoms with E-state index >= 15 is 0 Å². The molecule has 1 saturated heterocycles. The van der Waals surface area contributed by atoms with Gasteiger partial charge in [-0.2, -0.15) is 0 Å². The van der Waals surface area contributed by atoms with E-state index in [-0.39, 0.29) is 18.0 Å². The summed E-state index contributed by atoms with van der Waals surface area (Å²) in [4.78, 5) is 26.2. The Morgan fingerprint density at radius 3 is 2.81 bits per heavy atom. The molecule has 0 radical (unpaired) electrons. The van der Waals surface area contributed by atoms with Gasteiger partial charge in [0, 0.05) is 19.1 Å². The molecule has 116 valence electrons. The highest BCUT2D eigenvalue weighted by atomic mass is 32.1. The number of rotatable bonds is 5. The van der Waals surface area contributed by atoms with Crippen LogP contribution in [0, 0.1) is 0 Å². The number of amides is 2. The van der Waals surface area contributed by atoms with Crippen molar-refractivity contribution in [2.24, 2.45) is 0 Å². The second-order valence-electron chi connectivity index (χ2n) is 5.18. The lowest BCUT2D eigenvalue weighted by molar-refractivity contribution is 0.0838. The number of ether oxygens (including phenoxy) is 1. The Morgan fingerprint density at radius 2 is 2.19 bits per heavy atom. The van der Waals surface area contributed by atoms with Gasteiger partial charge in [0.2, 0.25) is 0 Å². The molecule has 1 aliphatic heterocycles. The van der Waals surface area contributed by atoms with E-state index < -0.39 is 0 Å². The first-order chi connectivity index (χ1) is 10.2. The Kier molecular flexibility index (Phi) is 6.04. The van der Waals surface area contributed by atoms with E-state index in [4.69, 9.17) is 4.74 Å². The first-order valence-electron chi connectivity index (χ1n) is 7.46. The predicted octanol–water partition coefficient (Wildman–Crippen LogP) is 2.88. The predicted molar refractivity (Wildman–Crippen MR) is 82.6 cm³/mol. The van der Waals surface area contributed by atoms with Crippen LogP contribution in [0.3, 0.4) is 0 Å². The Labute approximate surface area is 129 Å². The van der Waals surface area contributed by atoms with Crippen molar-refractivity contribution in [3.05, 3.63) is 22.4 Å². The molecule has 1 aromatic heterocycles. The van der Waals surface area contributed by atoms with Crippen LogP contribution in [0.5, 0.6) is 0 Å². The molecule has 1 aromatic rings. The smallest absolute Gasteiger partial charge is 0.409 e. The van der Waals surface area contributed by atoms with Crippen molar-refractivity contribution >= 4 is 23.3 Å². The zero-order chi connectivity index (χ0) is 15.1. The minimum Gasteiger partial charge on any atom is -0.449 e. The number of hydrogen-bond donors (Lipinski definition) is 1. The van der Waals surface area contributed by atoms with Crippen molar-refractivity contribution in [3.63, 3.8) is 0 Å². The summed E-state index contributed by atoms with van der Waals surface area (Å²) in [6.07, 6.45) is 3.25. The van der Waals surface area contributed by atoms with Gasteiger partial charge in [-0.3, -0.25) is 4.79 Å². The average molecular weight is 310 g/mol. The van der Waals surface area contributed by atoms with Crippen LogP contribution >= 0.6 is 11.3 Å². The van der Waals surface area contributed by atoms with E-state index in [1.165, 1.54) is 11.3 Å². The summed E-state index contributed by atoms with van der Waals surface area (Å²) in [5, 5.41) is 4.92. The fourth-order valence-corrected chi connectivity index (χ4v) is 2.89. The molecular weight excluding hydrogens is 288 g/mol. The van der Waals surface area contributed by atoms with Crippen LogP contribution < -0.4 is 5.32 Å². The van der Waals surface area contributed by atoms with E-state index in [1.54, 1.807) is 4.90 Å². The number of unbranched alkanes of at least 4 members (excludes halogenated alkanes) is 1. The lowest BCUT2D eigenvalue weighted by Crippen LogP contribution is -2.46. The molecule has 1 N–H and O–H groups in total. The van der Waals surface area contributed by atoms with Crippen LogP contribution in [0.15, 0.2) is 17.5 Å². The summed E-state index contributed by atoms with van der Waals surface area (Å²) in [5.41, 5.74) is 0. The lowest BCUT2D eigenvalue weighted by atomic mass is 10.1. The number of carbonyl (C=O) groups is 2. The summed E-state index contributed by atoms with van der Waals surface area (Å²) in [7, 11) is 0. The summed E-state index contributed by atoms with van der Waals surface area (Å²) in [5.74, 6) is -0.0195. The van der Waals surface area contributed by atoms with Gasteiger partial charge in [0.15, 0.2) is 0 Å². The van der Waals surface area contributed by atoms with E-state index in [1.807, 2.05) is 17.5 Å². The molecule has 0 unspecified atom stereocenters. The van der Waals surface area contributed by atoms with Gasteiger partial charge in [0.25, 0.3) is 5.91 Å². The Morgan fingerprint density at radius 1 is 1.43 bits per heavy atom. The molecular formula is C15H22N2O3S. The third-order valence-corrected chi connectivity index (χ3v) is 4.43. The van der Waals surface area contributed by atoms with Gasteiger partial charge in [-0.1, -0.05) is 19.4 Å². The second kappa shape index (κ2) is 8.02. The van der Waals surface area contributed by atoms with Gasteiger partial charge < -0.3 is 15.0 Å². The Bertz CT molecular complexity index is 453. The molecule has 0 atom stereocenters. The largest absolute Gasteiger partial charge is 0.449 e. The molecule has 2 rings (SSSR count). The minimum absolute atomic E-state index is 0.0195. The molecule has 6 heteroatoms. The maximum atomic E-state index is 12.0. The summed E-state index contributed by atoms with van der Waals surface area (Å²) in [6, 6.07) is 3.83. The number of nitrogens with one attached hydrogen (secondary N) is 1. The van der Waals surface area contributed by atoms with Gasteiger partial charge in [0.1, 0.15) is 0 Å². The number of piperidine rings is 1. The fourth-order valence-electron chi connectivity index (χ4n) is 2.27. The lowest BCUT2D eigenvalue weighted by Gasteiger charge is -2.31. The van der Waals surface area contributed by atoms with Crippen molar-refractivity contribution < 1.29 is 14.3 Å². The van der Waals surface area contributed by atoms with Crippen LogP contribution in [0.1, 0.15) is 42.3 Å². The van der Waals surface area contributed by atoms with Gasteiger partial charge in [-0.05, 0) is 30.7 Å².